The fourth-order valence-electron chi connectivity index (χ4n) is 3.31. The zero-order valence-electron chi connectivity index (χ0n) is 9.21. The summed E-state index contributed by atoms with van der Waals surface area (Å²) in [7, 11) is 0. The van der Waals surface area contributed by atoms with Gasteiger partial charge in [0.05, 0.1) is 6.54 Å². The maximum atomic E-state index is 3.54. The van der Waals surface area contributed by atoms with Crippen LogP contribution in [0.1, 0.15) is 38.5 Å². The molecule has 0 bridgehead atoms. The molecule has 1 nitrogen and oxygen atoms in total. The summed E-state index contributed by atoms with van der Waals surface area (Å²) in [5.41, 5.74) is 1.77. The molecule has 1 N–H and O–H groups in total. The second-order valence-electron chi connectivity index (χ2n) is 5.93. The smallest absolute Gasteiger partial charge is 0.0919 e. The van der Waals surface area contributed by atoms with Gasteiger partial charge < -0.3 is 5.32 Å². The molecule has 0 aromatic rings. The Labute approximate surface area is 92.3 Å². The zero-order chi connectivity index (χ0) is 9.83. The Kier molecular flexibility index (Phi) is 1.75. The fourth-order valence-corrected chi connectivity index (χ4v) is 3.31. The van der Waals surface area contributed by atoms with Crippen molar-refractivity contribution in [2.45, 2.75) is 38.5 Å². The Hall–Kier alpha value is -0.460. The summed E-state index contributed by atoms with van der Waals surface area (Å²) >= 11 is 0. The quantitative estimate of drug-likeness (QED) is 0.740. The molecular weight excluding hydrogens is 182 g/mol. The minimum Gasteiger partial charge on any atom is -0.381 e. The van der Waals surface area contributed by atoms with Gasteiger partial charge in [-0.1, -0.05) is 0 Å². The van der Waals surface area contributed by atoms with Gasteiger partial charge in [0.1, 0.15) is 0 Å². The molecule has 0 saturated heterocycles. The van der Waals surface area contributed by atoms with Gasteiger partial charge in [-0.15, -0.1) is 0 Å². The Morgan fingerprint density at radius 3 is 2.33 bits per heavy atom. The number of rotatable bonds is 3. The van der Waals surface area contributed by atoms with Crippen LogP contribution in [0.5, 0.6) is 0 Å². The lowest BCUT2D eigenvalue weighted by molar-refractivity contribution is 0.309. The molecule has 0 aromatic heterocycles. The second-order valence-corrected chi connectivity index (χ2v) is 5.93. The highest BCUT2D eigenvalue weighted by Gasteiger charge is 2.49. The molecule has 0 spiro atoms. The van der Waals surface area contributed by atoms with Crippen molar-refractivity contribution >= 4 is 0 Å². The van der Waals surface area contributed by atoms with Crippen molar-refractivity contribution in [1.82, 2.24) is 5.32 Å². The van der Waals surface area contributed by atoms with Crippen LogP contribution in [0.2, 0.25) is 0 Å². The van der Waals surface area contributed by atoms with Crippen LogP contribution in [0.3, 0.4) is 0 Å². The van der Waals surface area contributed by atoms with E-state index in [1.54, 1.807) is 5.57 Å². The van der Waals surface area contributed by atoms with Crippen molar-refractivity contribution < 1.29 is 0 Å². The lowest BCUT2D eigenvalue weighted by atomic mass is 9.76. The topological polar surface area (TPSA) is 12.0 Å². The number of allylic oxidation sites excluding steroid dienone is 1. The Bertz CT molecular complexity index is 294. The summed E-state index contributed by atoms with van der Waals surface area (Å²) < 4.78 is 0. The van der Waals surface area contributed by atoms with E-state index in [9.17, 15) is 0 Å². The third-order valence-electron chi connectivity index (χ3n) is 4.57. The van der Waals surface area contributed by atoms with E-state index in [0.717, 1.165) is 29.6 Å². The SMILES string of the molecule is [C]1NC=C(C2CC2)C(C2CC2)C1C1CC1. The standard InChI is InChI=1S/C14H19N/c1-2-9(1)12-7-15-8-13(10-3-4-10)14(12)11-5-6-11/h7,9-11,13-15H,1-6H2. The first kappa shape index (κ1) is 8.66. The van der Waals surface area contributed by atoms with Gasteiger partial charge >= 0.3 is 0 Å². The van der Waals surface area contributed by atoms with Crippen LogP contribution >= 0.6 is 0 Å². The van der Waals surface area contributed by atoms with Crippen molar-refractivity contribution in [1.29, 1.82) is 0 Å². The van der Waals surface area contributed by atoms with Crippen molar-refractivity contribution in [3.8, 4) is 0 Å². The summed E-state index contributed by atoms with van der Waals surface area (Å²) in [5, 5.41) is 3.33. The summed E-state index contributed by atoms with van der Waals surface area (Å²) in [4.78, 5) is 0. The van der Waals surface area contributed by atoms with E-state index in [1.807, 2.05) is 0 Å². The molecule has 80 valence electrons. The second kappa shape index (κ2) is 3.02. The molecule has 1 aliphatic heterocycles. The number of hydrogen-bond acceptors (Lipinski definition) is 1. The summed E-state index contributed by atoms with van der Waals surface area (Å²) in [6, 6.07) is 0. The van der Waals surface area contributed by atoms with Gasteiger partial charge in [0, 0.05) is 0 Å². The van der Waals surface area contributed by atoms with E-state index in [2.05, 4.69) is 18.1 Å². The molecule has 0 amide bonds. The molecule has 3 saturated carbocycles. The highest BCUT2D eigenvalue weighted by atomic mass is 14.9. The van der Waals surface area contributed by atoms with Crippen molar-refractivity contribution in [3.63, 3.8) is 0 Å². The van der Waals surface area contributed by atoms with Gasteiger partial charge in [-0.25, -0.2) is 0 Å². The Balaban J connectivity index is 1.61. The normalized spacial score (nSPS) is 40.9. The predicted molar refractivity (Wildman–Crippen MR) is 59.6 cm³/mol. The van der Waals surface area contributed by atoms with Crippen LogP contribution in [0.4, 0.5) is 0 Å². The minimum atomic E-state index is 0.762. The Morgan fingerprint density at radius 2 is 1.73 bits per heavy atom. The van der Waals surface area contributed by atoms with Crippen LogP contribution in [-0.4, -0.2) is 0 Å². The average molecular weight is 201 g/mol. The highest BCUT2D eigenvalue weighted by molar-refractivity contribution is 5.24. The molecule has 4 aliphatic rings. The van der Waals surface area contributed by atoms with E-state index in [4.69, 9.17) is 0 Å². The van der Waals surface area contributed by atoms with Crippen LogP contribution in [0.15, 0.2) is 11.8 Å². The molecular formula is C14H19N. The fraction of sp³-hybridized carbons (Fsp3) is 0.786. The molecule has 15 heavy (non-hydrogen) atoms. The summed E-state index contributed by atoms with van der Waals surface area (Å²) in [5.74, 6) is 4.61. The predicted octanol–water partition coefficient (Wildman–Crippen LogP) is 2.97. The van der Waals surface area contributed by atoms with E-state index in [-0.39, 0.29) is 0 Å². The van der Waals surface area contributed by atoms with Crippen LogP contribution in [0.25, 0.3) is 0 Å². The molecule has 3 aliphatic carbocycles. The van der Waals surface area contributed by atoms with Crippen LogP contribution in [0, 0.1) is 36.1 Å². The Morgan fingerprint density at radius 1 is 1.00 bits per heavy atom. The molecule has 4 rings (SSSR count). The number of nitrogens with one attached hydrogen (secondary N) is 1. The van der Waals surface area contributed by atoms with E-state index in [0.29, 0.717) is 0 Å². The molecule has 2 unspecified atom stereocenters. The third kappa shape index (κ3) is 1.51. The molecule has 1 heterocycles. The molecule has 0 aromatic carbocycles. The van der Waals surface area contributed by atoms with Gasteiger partial charge in [0.25, 0.3) is 0 Å². The van der Waals surface area contributed by atoms with Gasteiger partial charge in [-0.2, -0.15) is 0 Å². The van der Waals surface area contributed by atoms with Gasteiger partial charge in [0.15, 0.2) is 0 Å². The maximum absolute atomic E-state index is 3.54. The van der Waals surface area contributed by atoms with E-state index in [1.165, 1.54) is 38.5 Å². The van der Waals surface area contributed by atoms with Crippen molar-refractivity contribution in [2.75, 3.05) is 0 Å². The molecule has 3 fully saturated rings. The largest absolute Gasteiger partial charge is 0.381 e. The lowest BCUT2D eigenvalue weighted by Crippen LogP contribution is -2.31. The van der Waals surface area contributed by atoms with Gasteiger partial charge in [0.2, 0.25) is 0 Å². The lowest BCUT2D eigenvalue weighted by Gasteiger charge is -2.33. The first-order valence-corrected chi connectivity index (χ1v) is 6.64. The molecule has 1 heteroatoms. The zero-order valence-corrected chi connectivity index (χ0v) is 9.21. The van der Waals surface area contributed by atoms with Gasteiger partial charge in [-0.3, -0.25) is 0 Å². The van der Waals surface area contributed by atoms with Crippen molar-refractivity contribution in [3.05, 3.63) is 18.3 Å². The molecule has 2 atom stereocenters. The summed E-state index contributed by atoms with van der Waals surface area (Å²) in [6.45, 7) is 3.54. The van der Waals surface area contributed by atoms with Crippen molar-refractivity contribution in [2.24, 2.45) is 29.6 Å². The first-order chi connectivity index (χ1) is 7.43. The van der Waals surface area contributed by atoms with E-state index < -0.39 is 0 Å². The van der Waals surface area contributed by atoms with Gasteiger partial charge in [-0.05, 0) is 79.9 Å². The number of hydrogen-bond donors (Lipinski definition) is 1. The first-order valence-electron chi connectivity index (χ1n) is 6.64. The van der Waals surface area contributed by atoms with Crippen LogP contribution in [-0.2, 0) is 0 Å². The third-order valence-corrected chi connectivity index (χ3v) is 4.57. The van der Waals surface area contributed by atoms with Crippen LogP contribution < -0.4 is 5.32 Å². The van der Waals surface area contributed by atoms with E-state index >= 15 is 0 Å². The average Bonchev–Trinajstić information content (AvgIpc) is 3.19. The monoisotopic (exact) mass is 201 g/mol. The minimum absolute atomic E-state index is 0.762. The summed E-state index contributed by atoms with van der Waals surface area (Å²) in [6.07, 6.45) is 11.1. The highest BCUT2D eigenvalue weighted by Crippen LogP contribution is 2.57. The molecule has 2 radical (unpaired) electrons. The maximum Gasteiger partial charge on any atom is 0.0919 e.